The van der Waals surface area contributed by atoms with E-state index in [4.69, 9.17) is 4.74 Å². The molecule has 2 amide bonds. The number of aryl methyl sites for hydroxylation is 2. The molecule has 0 aliphatic carbocycles. The van der Waals surface area contributed by atoms with Gasteiger partial charge in [-0.15, -0.1) is 0 Å². The molecule has 2 unspecified atom stereocenters. The highest BCUT2D eigenvalue weighted by atomic mass is 19.1. The molecule has 2 aromatic carbocycles. The van der Waals surface area contributed by atoms with Crippen molar-refractivity contribution in [2.24, 2.45) is 5.92 Å². The minimum atomic E-state index is -0.612. The Balaban J connectivity index is 1.83. The van der Waals surface area contributed by atoms with Crippen molar-refractivity contribution >= 4 is 23.0 Å². The number of rotatable bonds is 6. The Morgan fingerprint density at radius 2 is 1.86 bits per heavy atom. The molecule has 0 radical (unpaired) electrons. The van der Waals surface area contributed by atoms with Crippen molar-refractivity contribution in [2.45, 2.75) is 46.7 Å². The topological polar surface area (TPSA) is 70.7 Å². The average molecular weight is 490 g/mol. The van der Waals surface area contributed by atoms with Gasteiger partial charge in [0, 0.05) is 30.8 Å². The summed E-state index contributed by atoms with van der Waals surface area (Å²) < 4.78 is 20.3. The number of allylic oxidation sites excluding steroid dienone is 1. The highest BCUT2D eigenvalue weighted by molar-refractivity contribution is 5.99. The fraction of sp³-hybridized carbons (Fsp3) is 0.310. The van der Waals surface area contributed by atoms with Gasteiger partial charge in [0.1, 0.15) is 23.4 Å². The van der Waals surface area contributed by atoms with Crippen molar-refractivity contribution < 1.29 is 18.7 Å². The van der Waals surface area contributed by atoms with Gasteiger partial charge < -0.3 is 20.3 Å². The van der Waals surface area contributed by atoms with E-state index in [2.05, 4.69) is 17.2 Å². The van der Waals surface area contributed by atoms with Gasteiger partial charge in [-0.05, 0) is 87.2 Å². The molecular formula is C29H32FN3O3. The molecule has 188 valence electrons. The highest BCUT2D eigenvalue weighted by Crippen LogP contribution is 2.42. The number of likely N-dealkylation sites (N-methyl/N-ethyl adjacent to an activating group) is 1. The fourth-order valence-corrected chi connectivity index (χ4v) is 4.65. The third-order valence-corrected chi connectivity index (χ3v) is 6.41. The molecule has 6 nitrogen and oxygen atoms in total. The summed E-state index contributed by atoms with van der Waals surface area (Å²) in [6.45, 7) is 13.4. The number of halogens is 1. The van der Waals surface area contributed by atoms with Gasteiger partial charge in [0.05, 0.1) is 5.70 Å². The van der Waals surface area contributed by atoms with Gasteiger partial charge in [0.2, 0.25) is 5.91 Å². The lowest BCUT2D eigenvalue weighted by Crippen LogP contribution is -2.48. The Morgan fingerprint density at radius 3 is 2.47 bits per heavy atom. The third kappa shape index (κ3) is 4.78. The number of hydrogen-bond acceptors (Lipinski definition) is 4. The van der Waals surface area contributed by atoms with Gasteiger partial charge in [0.25, 0.3) is 5.91 Å². The molecule has 36 heavy (non-hydrogen) atoms. The molecule has 2 aliphatic rings. The smallest absolute Gasteiger partial charge is 0.267 e. The molecule has 0 saturated carbocycles. The SMILES string of the molecule is C=C(C)c1ccc(Oc2c(C)cc(F)cc2C)c(C2=CN(C)C(=O)C3NC(C(=O)NC(C)C)=CC23)c1. The number of ether oxygens (including phenoxy) is 1. The van der Waals surface area contributed by atoms with Crippen LogP contribution >= 0.6 is 0 Å². The minimum Gasteiger partial charge on any atom is -0.456 e. The van der Waals surface area contributed by atoms with Gasteiger partial charge in [-0.3, -0.25) is 9.59 Å². The lowest BCUT2D eigenvalue weighted by Gasteiger charge is -2.32. The summed E-state index contributed by atoms with van der Waals surface area (Å²) in [6.07, 6.45) is 3.60. The Morgan fingerprint density at radius 1 is 1.19 bits per heavy atom. The summed E-state index contributed by atoms with van der Waals surface area (Å²) in [5.74, 6) is 0.0755. The first-order valence-electron chi connectivity index (χ1n) is 12.0. The molecule has 0 fully saturated rings. The van der Waals surface area contributed by atoms with Crippen LogP contribution in [0.5, 0.6) is 11.5 Å². The van der Waals surface area contributed by atoms with Crippen molar-refractivity contribution in [1.82, 2.24) is 15.5 Å². The second kappa shape index (κ2) is 9.64. The lowest BCUT2D eigenvalue weighted by atomic mass is 9.84. The van der Waals surface area contributed by atoms with Crippen LogP contribution in [0.2, 0.25) is 0 Å². The van der Waals surface area contributed by atoms with E-state index >= 15 is 0 Å². The number of benzene rings is 2. The van der Waals surface area contributed by atoms with Crippen LogP contribution in [0, 0.1) is 25.6 Å². The van der Waals surface area contributed by atoms with Crippen LogP contribution in [0.4, 0.5) is 4.39 Å². The largest absolute Gasteiger partial charge is 0.456 e. The molecule has 0 spiro atoms. The van der Waals surface area contributed by atoms with Crippen molar-refractivity contribution in [3.8, 4) is 11.5 Å². The van der Waals surface area contributed by atoms with Crippen LogP contribution in [-0.4, -0.2) is 35.8 Å². The van der Waals surface area contributed by atoms with Crippen LogP contribution in [0.1, 0.15) is 43.0 Å². The molecular weight excluding hydrogens is 457 g/mol. The van der Waals surface area contributed by atoms with Crippen molar-refractivity contribution in [3.63, 3.8) is 0 Å². The maximum atomic E-state index is 13.9. The molecule has 4 rings (SSSR count). The molecule has 2 heterocycles. The number of carbonyl (C=O) groups excluding carboxylic acids is 2. The van der Waals surface area contributed by atoms with E-state index in [9.17, 15) is 14.0 Å². The monoisotopic (exact) mass is 489 g/mol. The number of amides is 2. The Kier molecular flexibility index (Phi) is 6.76. The first-order valence-corrected chi connectivity index (χ1v) is 12.0. The number of carbonyl (C=O) groups is 2. The maximum absolute atomic E-state index is 13.9. The van der Waals surface area contributed by atoms with Gasteiger partial charge in [-0.25, -0.2) is 4.39 Å². The van der Waals surface area contributed by atoms with Crippen molar-refractivity contribution in [1.29, 1.82) is 0 Å². The summed E-state index contributed by atoms with van der Waals surface area (Å²) >= 11 is 0. The molecule has 7 heteroatoms. The molecule has 2 aromatic rings. The molecule has 0 aromatic heterocycles. The second-order valence-electron chi connectivity index (χ2n) is 9.85. The number of nitrogens with one attached hydrogen (secondary N) is 2. The van der Waals surface area contributed by atoms with E-state index in [1.165, 1.54) is 17.0 Å². The molecule has 0 bridgehead atoms. The molecule has 2 aliphatic heterocycles. The van der Waals surface area contributed by atoms with Crippen molar-refractivity contribution in [2.75, 3.05) is 7.05 Å². The van der Waals surface area contributed by atoms with E-state index in [0.717, 1.165) is 22.3 Å². The minimum absolute atomic E-state index is 0.0364. The van der Waals surface area contributed by atoms with E-state index < -0.39 is 6.04 Å². The normalized spacial score (nSPS) is 18.9. The van der Waals surface area contributed by atoms with Crippen LogP contribution in [0.15, 0.2) is 54.9 Å². The molecule has 2 atom stereocenters. The van der Waals surface area contributed by atoms with Gasteiger partial charge >= 0.3 is 0 Å². The molecule has 0 saturated heterocycles. The zero-order chi connectivity index (χ0) is 26.3. The zero-order valence-electron chi connectivity index (χ0n) is 21.5. The van der Waals surface area contributed by atoms with E-state index in [-0.39, 0.29) is 29.6 Å². The Bertz CT molecular complexity index is 1300. The van der Waals surface area contributed by atoms with E-state index in [1.54, 1.807) is 27.1 Å². The summed E-state index contributed by atoms with van der Waals surface area (Å²) in [4.78, 5) is 27.3. The Hall–Kier alpha value is -3.87. The summed E-state index contributed by atoms with van der Waals surface area (Å²) in [7, 11) is 1.70. The van der Waals surface area contributed by atoms with E-state index in [1.807, 2.05) is 45.0 Å². The van der Waals surface area contributed by atoms with Crippen molar-refractivity contribution in [3.05, 3.63) is 83.0 Å². The Labute approximate surface area is 211 Å². The van der Waals surface area contributed by atoms with Gasteiger partial charge in [-0.1, -0.05) is 18.2 Å². The quantitative estimate of drug-likeness (QED) is 0.594. The van der Waals surface area contributed by atoms with Crippen LogP contribution in [0.25, 0.3) is 11.1 Å². The van der Waals surface area contributed by atoms with Crippen LogP contribution in [0.3, 0.4) is 0 Å². The lowest BCUT2D eigenvalue weighted by molar-refractivity contribution is -0.130. The summed E-state index contributed by atoms with van der Waals surface area (Å²) in [5.41, 5.74) is 5.15. The predicted molar refractivity (Wildman–Crippen MR) is 140 cm³/mol. The zero-order valence-corrected chi connectivity index (χ0v) is 21.5. The third-order valence-electron chi connectivity index (χ3n) is 6.41. The highest BCUT2D eigenvalue weighted by Gasteiger charge is 2.42. The number of nitrogens with zero attached hydrogens (tertiary/aromatic N) is 1. The first-order chi connectivity index (χ1) is 17.0. The summed E-state index contributed by atoms with van der Waals surface area (Å²) in [5, 5.41) is 6.01. The first kappa shape index (κ1) is 25.2. The fourth-order valence-electron chi connectivity index (χ4n) is 4.65. The molecule has 2 N–H and O–H groups in total. The second-order valence-corrected chi connectivity index (χ2v) is 9.85. The summed E-state index contributed by atoms with van der Waals surface area (Å²) in [6, 6.07) is 8.01. The maximum Gasteiger partial charge on any atom is 0.267 e. The standard InChI is InChI=1S/C29H32FN3O3/c1-15(2)19-8-9-25(36-27-17(5)10-20(30)11-18(27)6)21(12-19)23-14-33(7)29(35)26-22(23)13-24(32-26)28(34)31-16(3)4/h8-14,16,22,26,32H,1H2,2-7H3,(H,31,34). The number of fused-ring (bicyclic) bond motifs is 1. The van der Waals surface area contributed by atoms with Gasteiger partial charge in [0.15, 0.2) is 0 Å². The van der Waals surface area contributed by atoms with E-state index in [0.29, 0.717) is 28.3 Å². The van der Waals surface area contributed by atoms with Gasteiger partial charge in [-0.2, -0.15) is 0 Å². The van der Waals surface area contributed by atoms with Crippen LogP contribution in [-0.2, 0) is 9.59 Å². The predicted octanol–water partition coefficient (Wildman–Crippen LogP) is 5.08. The average Bonchev–Trinajstić information content (AvgIpc) is 3.24. The number of hydrogen-bond donors (Lipinski definition) is 2. The van der Waals surface area contributed by atoms with Crippen LogP contribution < -0.4 is 15.4 Å².